The molecule has 4 N–H and O–H groups in total. The number of benzene rings is 1. The summed E-state index contributed by atoms with van der Waals surface area (Å²) in [6.45, 7) is 0.0829. The number of nitro groups is 1. The molecule has 1 aliphatic rings. The molecule has 130 valence electrons. The predicted molar refractivity (Wildman–Crippen MR) is 88.1 cm³/mol. The van der Waals surface area contributed by atoms with E-state index < -0.39 is 37.5 Å². The van der Waals surface area contributed by atoms with Gasteiger partial charge in [0.15, 0.2) is 10.0 Å². The lowest BCUT2D eigenvalue weighted by molar-refractivity contribution is -0.387. The summed E-state index contributed by atoms with van der Waals surface area (Å²) in [6, 6.07) is 4.01. The SMILES string of the molecule is NC(=S)NNC(=O)C1CCCN1S(=O)(=O)c1ccccc1[N+](=O)[O-]. The third kappa shape index (κ3) is 3.60. The van der Waals surface area contributed by atoms with Gasteiger partial charge in [-0.2, -0.15) is 4.31 Å². The van der Waals surface area contributed by atoms with E-state index in [1.54, 1.807) is 0 Å². The summed E-state index contributed by atoms with van der Waals surface area (Å²) in [6.07, 6.45) is 0.732. The van der Waals surface area contributed by atoms with E-state index in [0.29, 0.717) is 6.42 Å². The minimum absolute atomic E-state index is 0.0829. The number of rotatable bonds is 4. The zero-order chi connectivity index (χ0) is 17.9. The molecule has 1 aliphatic heterocycles. The van der Waals surface area contributed by atoms with Crippen molar-refractivity contribution in [2.45, 2.75) is 23.8 Å². The number of amides is 1. The number of sulfonamides is 1. The van der Waals surface area contributed by atoms with Gasteiger partial charge >= 0.3 is 0 Å². The number of thiocarbonyl (C=S) groups is 1. The largest absolute Gasteiger partial charge is 0.375 e. The zero-order valence-corrected chi connectivity index (χ0v) is 14.0. The maximum absolute atomic E-state index is 12.8. The lowest BCUT2D eigenvalue weighted by Crippen LogP contribution is -2.52. The summed E-state index contributed by atoms with van der Waals surface area (Å²) in [5.41, 5.74) is 9.13. The molecule has 0 spiro atoms. The van der Waals surface area contributed by atoms with Crippen LogP contribution < -0.4 is 16.6 Å². The quantitative estimate of drug-likeness (QED) is 0.367. The third-order valence-electron chi connectivity index (χ3n) is 3.46. The monoisotopic (exact) mass is 373 g/mol. The number of nitrogens with zero attached hydrogens (tertiary/aromatic N) is 2. The highest BCUT2D eigenvalue weighted by Gasteiger charge is 2.41. The van der Waals surface area contributed by atoms with E-state index in [2.05, 4.69) is 23.1 Å². The van der Waals surface area contributed by atoms with Gasteiger partial charge in [0.2, 0.25) is 0 Å². The van der Waals surface area contributed by atoms with E-state index in [0.717, 1.165) is 16.4 Å². The minimum Gasteiger partial charge on any atom is -0.375 e. The van der Waals surface area contributed by atoms with Crippen molar-refractivity contribution in [3.05, 3.63) is 34.4 Å². The molecule has 2 rings (SSSR count). The predicted octanol–water partition coefficient (Wildman–Crippen LogP) is -0.388. The van der Waals surface area contributed by atoms with Crippen LogP contribution in [0.3, 0.4) is 0 Å². The molecule has 0 saturated carbocycles. The molecule has 1 aromatic carbocycles. The lowest BCUT2D eigenvalue weighted by Gasteiger charge is -2.23. The molecule has 1 atom stereocenters. The number of hydrazine groups is 1. The maximum atomic E-state index is 12.8. The van der Waals surface area contributed by atoms with Crippen molar-refractivity contribution in [2.75, 3.05) is 6.54 Å². The Balaban J connectivity index is 2.33. The smallest absolute Gasteiger partial charge is 0.289 e. The Morgan fingerprint density at radius 1 is 1.38 bits per heavy atom. The molecule has 12 heteroatoms. The van der Waals surface area contributed by atoms with Gasteiger partial charge in [0.1, 0.15) is 6.04 Å². The molecule has 1 amide bonds. The molecule has 1 unspecified atom stereocenters. The Morgan fingerprint density at radius 2 is 2.04 bits per heavy atom. The van der Waals surface area contributed by atoms with Gasteiger partial charge in [0.25, 0.3) is 21.6 Å². The summed E-state index contributed by atoms with van der Waals surface area (Å²) in [7, 11) is -4.21. The number of carbonyl (C=O) groups excluding carboxylic acids is 1. The fourth-order valence-electron chi connectivity index (χ4n) is 2.45. The van der Waals surface area contributed by atoms with Crippen LogP contribution in [0.1, 0.15) is 12.8 Å². The van der Waals surface area contributed by atoms with Crippen LogP contribution in [0.2, 0.25) is 0 Å². The first-order valence-corrected chi connectivity index (χ1v) is 8.70. The Kier molecular flexibility index (Phi) is 5.31. The van der Waals surface area contributed by atoms with E-state index in [4.69, 9.17) is 5.73 Å². The number of nitro benzene ring substituents is 1. The second-order valence-corrected chi connectivity index (χ2v) is 7.28. The number of nitrogens with two attached hydrogens (primary N) is 1. The average molecular weight is 373 g/mol. The topological polar surface area (TPSA) is 148 Å². The first kappa shape index (κ1) is 18.0. The molecule has 1 aromatic rings. The molecule has 24 heavy (non-hydrogen) atoms. The summed E-state index contributed by atoms with van der Waals surface area (Å²) in [5, 5.41) is 10.9. The van der Waals surface area contributed by atoms with Crippen molar-refractivity contribution in [3.8, 4) is 0 Å². The molecule has 0 radical (unpaired) electrons. The molecule has 0 bridgehead atoms. The van der Waals surface area contributed by atoms with Gasteiger partial charge in [-0.25, -0.2) is 8.42 Å². The average Bonchev–Trinajstić information content (AvgIpc) is 3.03. The molecular weight excluding hydrogens is 358 g/mol. The molecule has 1 saturated heterocycles. The molecule has 0 aromatic heterocycles. The normalized spacial score (nSPS) is 18.1. The highest BCUT2D eigenvalue weighted by atomic mass is 32.2. The van der Waals surface area contributed by atoms with Gasteiger partial charge in [-0.3, -0.25) is 25.8 Å². The van der Waals surface area contributed by atoms with Crippen molar-refractivity contribution < 1.29 is 18.1 Å². The van der Waals surface area contributed by atoms with Crippen LogP contribution in [-0.4, -0.2) is 41.3 Å². The van der Waals surface area contributed by atoms with Gasteiger partial charge in [-0.05, 0) is 31.1 Å². The van der Waals surface area contributed by atoms with E-state index in [9.17, 15) is 23.3 Å². The number of nitrogens with one attached hydrogen (secondary N) is 2. The van der Waals surface area contributed by atoms with Crippen molar-refractivity contribution in [3.63, 3.8) is 0 Å². The van der Waals surface area contributed by atoms with Crippen molar-refractivity contribution in [2.24, 2.45) is 5.73 Å². The van der Waals surface area contributed by atoms with Crippen molar-refractivity contribution in [1.29, 1.82) is 0 Å². The lowest BCUT2D eigenvalue weighted by atomic mass is 10.2. The Bertz CT molecular complexity index is 782. The van der Waals surface area contributed by atoms with Crippen LogP contribution in [0, 0.1) is 10.1 Å². The highest BCUT2D eigenvalue weighted by molar-refractivity contribution is 7.89. The van der Waals surface area contributed by atoms with Crippen LogP contribution in [-0.2, 0) is 14.8 Å². The number of hydrogen-bond acceptors (Lipinski definition) is 6. The van der Waals surface area contributed by atoms with Crippen LogP contribution in [0.5, 0.6) is 0 Å². The van der Waals surface area contributed by atoms with Crippen molar-refractivity contribution >= 4 is 38.9 Å². The standard InChI is InChI=1S/C12H15N5O5S2/c13-12(23)15-14-11(18)9-5-3-7-16(9)24(21,22)10-6-2-1-4-8(10)17(19)20/h1-2,4,6,9H,3,5,7H2,(H,14,18)(H3,13,15,23). The van der Waals surface area contributed by atoms with E-state index in [-0.39, 0.29) is 18.1 Å². The summed E-state index contributed by atoms with van der Waals surface area (Å²) >= 11 is 4.56. The fraction of sp³-hybridized carbons (Fsp3) is 0.333. The maximum Gasteiger partial charge on any atom is 0.289 e. The zero-order valence-electron chi connectivity index (χ0n) is 12.3. The van der Waals surface area contributed by atoms with Gasteiger partial charge in [-0.1, -0.05) is 12.1 Å². The number of hydrogen-bond donors (Lipinski definition) is 3. The number of carbonyl (C=O) groups is 1. The van der Waals surface area contributed by atoms with Gasteiger partial charge in [0, 0.05) is 12.6 Å². The summed E-state index contributed by atoms with van der Waals surface area (Å²) in [5.74, 6) is -0.637. The number of para-hydroxylation sites is 1. The van der Waals surface area contributed by atoms with Crippen LogP contribution in [0.4, 0.5) is 5.69 Å². The van der Waals surface area contributed by atoms with Crippen LogP contribution in [0.25, 0.3) is 0 Å². The van der Waals surface area contributed by atoms with Gasteiger partial charge in [0.05, 0.1) is 4.92 Å². The third-order valence-corrected chi connectivity index (χ3v) is 5.52. The Morgan fingerprint density at radius 3 is 2.67 bits per heavy atom. The Labute approximate surface area is 143 Å². The second kappa shape index (κ2) is 7.07. The molecule has 1 fully saturated rings. The molecule has 0 aliphatic carbocycles. The van der Waals surface area contributed by atoms with Crippen LogP contribution in [0.15, 0.2) is 29.2 Å². The van der Waals surface area contributed by atoms with Gasteiger partial charge < -0.3 is 5.73 Å². The first-order chi connectivity index (χ1) is 11.2. The van der Waals surface area contributed by atoms with Crippen molar-refractivity contribution in [1.82, 2.24) is 15.2 Å². The molecule has 1 heterocycles. The van der Waals surface area contributed by atoms with Crippen LogP contribution >= 0.6 is 12.2 Å². The van der Waals surface area contributed by atoms with E-state index in [1.165, 1.54) is 12.1 Å². The Hall–Kier alpha value is -2.31. The van der Waals surface area contributed by atoms with E-state index in [1.807, 2.05) is 0 Å². The van der Waals surface area contributed by atoms with Gasteiger partial charge in [-0.15, -0.1) is 0 Å². The second-order valence-electron chi connectivity index (χ2n) is 4.98. The molecule has 10 nitrogen and oxygen atoms in total. The minimum atomic E-state index is -4.21. The fourth-order valence-corrected chi connectivity index (χ4v) is 4.32. The molecular formula is C12H15N5O5S2. The summed E-state index contributed by atoms with van der Waals surface area (Å²) < 4.78 is 26.5. The first-order valence-electron chi connectivity index (χ1n) is 6.85. The summed E-state index contributed by atoms with van der Waals surface area (Å²) in [4.78, 5) is 22.0. The van der Waals surface area contributed by atoms with E-state index >= 15 is 0 Å². The highest BCUT2D eigenvalue weighted by Crippen LogP contribution is 2.31.